The highest BCUT2D eigenvalue weighted by Gasteiger charge is 2.29. The molecule has 1 aliphatic heterocycles. The number of nitrogens with zero attached hydrogens (tertiary/aromatic N) is 2. The van der Waals surface area contributed by atoms with E-state index in [1.54, 1.807) is 36.4 Å². The van der Waals surface area contributed by atoms with Crippen LogP contribution >= 0.6 is 34.4 Å². The van der Waals surface area contributed by atoms with Crippen molar-refractivity contribution in [2.24, 2.45) is 10.2 Å². The van der Waals surface area contributed by atoms with Crippen molar-refractivity contribution in [1.82, 2.24) is 5.32 Å². The predicted octanol–water partition coefficient (Wildman–Crippen LogP) is 5.34. The Balaban J connectivity index is 1.51. The Hall–Kier alpha value is -1.92. The molecule has 7 nitrogen and oxygen atoms in total. The third-order valence-corrected chi connectivity index (χ3v) is 8.01. The minimum absolute atomic E-state index is 0.0136. The van der Waals surface area contributed by atoms with Gasteiger partial charge in [0.05, 0.1) is 11.5 Å². The van der Waals surface area contributed by atoms with Crippen LogP contribution in [0, 0.1) is 3.57 Å². The maximum absolute atomic E-state index is 12.4. The molecule has 0 aliphatic carbocycles. The van der Waals surface area contributed by atoms with Gasteiger partial charge in [0, 0.05) is 3.57 Å². The van der Waals surface area contributed by atoms with Crippen LogP contribution in [0.25, 0.3) is 0 Å². The van der Waals surface area contributed by atoms with Crippen LogP contribution in [0.4, 0.5) is 0 Å². The molecule has 1 heterocycles. The number of carbonyl (C=O) groups is 1. The topological polar surface area (TPSA) is 97.2 Å². The summed E-state index contributed by atoms with van der Waals surface area (Å²) >= 11 is 3.52. The largest absolute Gasteiger partial charge is 0.379 e. The van der Waals surface area contributed by atoms with Gasteiger partial charge in [0.15, 0.2) is 5.17 Å². The molecule has 1 saturated heterocycles. The van der Waals surface area contributed by atoms with Crippen LogP contribution in [0.5, 0.6) is 5.75 Å². The quantitative estimate of drug-likeness (QED) is 0.124. The van der Waals surface area contributed by atoms with E-state index < -0.39 is 10.1 Å². The molecule has 0 bridgehead atoms. The number of rotatable bonds is 11. The van der Waals surface area contributed by atoms with Gasteiger partial charge in [0.1, 0.15) is 10.6 Å². The lowest BCUT2D eigenvalue weighted by molar-refractivity contribution is -0.118. The van der Waals surface area contributed by atoms with Gasteiger partial charge < -0.3 is 9.50 Å². The third kappa shape index (κ3) is 8.11. The Morgan fingerprint density at radius 1 is 1.06 bits per heavy atom. The number of nitrogens with one attached hydrogen (secondary N) is 1. The predicted molar refractivity (Wildman–Crippen MR) is 141 cm³/mol. The zero-order valence-corrected chi connectivity index (χ0v) is 22.0. The highest BCUT2D eigenvalue weighted by atomic mass is 127. The molecule has 1 aliphatic rings. The van der Waals surface area contributed by atoms with E-state index >= 15 is 0 Å². The van der Waals surface area contributed by atoms with Crippen LogP contribution in [-0.4, -0.2) is 31.0 Å². The first-order valence-electron chi connectivity index (χ1n) is 10.8. The summed E-state index contributed by atoms with van der Waals surface area (Å²) in [5, 5.41) is 11.3. The van der Waals surface area contributed by atoms with E-state index in [9.17, 15) is 13.2 Å². The molecule has 3 rings (SSSR count). The number of halogens is 1. The van der Waals surface area contributed by atoms with Crippen LogP contribution in [0.1, 0.15) is 51.0 Å². The first-order chi connectivity index (χ1) is 15.9. The number of hydrogen-bond acceptors (Lipinski definition) is 7. The fourth-order valence-electron chi connectivity index (χ4n) is 3.11. The molecule has 176 valence electrons. The van der Waals surface area contributed by atoms with E-state index in [4.69, 9.17) is 4.18 Å². The Kier molecular flexibility index (Phi) is 9.75. The van der Waals surface area contributed by atoms with Crippen LogP contribution in [0.15, 0.2) is 63.6 Å². The molecule has 1 unspecified atom stereocenters. The second kappa shape index (κ2) is 12.5. The van der Waals surface area contributed by atoms with E-state index in [0.717, 1.165) is 28.4 Å². The van der Waals surface area contributed by atoms with Crippen molar-refractivity contribution in [3.63, 3.8) is 0 Å². The molecule has 1 fully saturated rings. The van der Waals surface area contributed by atoms with Gasteiger partial charge >= 0.3 is 10.1 Å². The lowest BCUT2D eigenvalue weighted by Gasteiger charge is -2.07. The number of amides is 1. The molecular formula is C23H26IN3O4S2. The second-order valence-electron chi connectivity index (χ2n) is 7.51. The lowest BCUT2D eigenvalue weighted by atomic mass is 10.1. The summed E-state index contributed by atoms with van der Waals surface area (Å²) in [4.78, 5) is 12.2. The molecule has 33 heavy (non-hydrogen) atoms. The number of unbranched alkanes of at least 4 members (excludes halogenated alkanes) is 4. The van der Waals surface area contributed by atoms with Gasteiger partial charge in [-0.25, -0.2) is 0 Å². The van der Waals surface area contributed by atoms with E-state index in [0.29, 0.717) is 5.17 Å². The van der Waals surface area contributed by atoms with Crippen LogP contribution in [0.2, 0.25) is 0 Å². The molecule has 2 aromatic carbocycles. The van der Waals surface area contributed by atoms with Crippen LogP contribution in [0.3, 0.4) is 0 Å². The van der Waals surface area contributed by atoms with Crippen molar-refractivity contribution >= 4 is 61.8 Å². The van der Waals surface area contributed by atoms with Crippen molar-refractivity contribution in [2.75, 3.05) is 0 Å². The molecule has 10 heteroatoms. The summed E-state index contributed by atoms with van der Waals surface area (Å²) < 4.78 is 30.9. The van der Waals surface area contributed by atoms with Crippen LogP contribution < -0.4 is 9.50 Å². The fourth-order valence-corrected chi connectivity index (χ4v) is 5.37. The van der Waals surface area contributed by atoms with Gasteiger partial charge in [0.25, 0.3) is 0 Å². The number of benzene rings is 2. The number of amidine groups is 1. The molecule has 0 aromatic heterocycles. The van der Waals surface area contributed by atoms with Crippen molar-refractivity contribution in [2.45, 2.75) is 55.6 Å². The Labute approximate surface area is 212 Å². The third-order valence-electron chi connectivity index (χ3n) is 4.89. The summed E-state index contributed by atoms with van der Waals surface area (Å²) in [5.74, 6) is 0.192. The summed E-state index contributed by atoms with van der Waals surface area (Å²) in [6.45, 7) is 2.18. The zero-order chi connectivity index (χ0) is 23.7. The summed E-state index contributed by atoms with van der Waals surface area (Å²) in [6, 6.07) is 12.9. The lowest BCUT2D eigenvalue weighted by Crippen LogP contribution is -2.24. The smallest absolute Gasteiger partial charge is 0.339 e. The number of thioether (sulfide) groups is 1. The second-order valence-corrected chi connectivity index (χ2v) is 11.5. The highest BCUT2D eigenvalue weighted by molar-refractivity contribution is 14.1. The molecule has 0 saturated carbocycles. The number of hydrogen-bond donors (Lipinski definition) is 1. The van der Waals surface area contributed by atoms with Crippen molar-refractivity contribution in [3.05, 3.63) is 57.7 Å². The zero-order valence-electron chi connectivity index (χ0n) is 18.2. The SMILES string of the molecule is CCCCCCCC1S/C(=N/N=C/c2ccc(OS(=O)(=O)c3ccc(I)cc3)cc2)NC1=O. The summed E-state index contributed by atoms with van der Waals surface area (Å²) in [6.07, 6.45) is 8.22. The van der Waals surface area contributed by atoms with Crippen LogP contribution in [-0.2, 0) is 14.9 Å². The molecule has 0 spiro atoms. The van der Waals surface area contributed by atoms with E-state index in [-0.39, 0.29) is 21.8 Å². The maximum atomic E-state index is 12.4. The van der Waals surface area contributed by atoms with Crippen molar-refractivity contribution in [1.29, 1.82) is 0 Å². The van der Waals surface area contributed by atoms with E-state index in [1.807, 2.05) is 0 Å². The van der Waals surface area contributed by atoms with Gasteiger partial charge in [-0.2, -0.15) is 13.5 Å². The summed E-state index contributed by atoms with van der Waals surface area (Å²) in [7, 11) is -3.89. The Morgan fingerprint density at radius 3 is 2.45 bits per heavy atom. The van der Waals surface area contributed by atoms with E-state index in [1.165, 1.54) is 49.4 Å². The van der Waals surface area contributed by atoms with Crippen molar-refractivity contribution in [3.8, 4) is 5.75 Å². The van der Waals surface area contributed by atoms with E-state index in [2.05, 4.69) is 45.0 Å². The monoisotopic (exact) mass is 599 g/mol. The minimum atomic E-state index is -3.89. The van der Waals surface area contributed by atoms with Gasteiger partial charge in [-0.15, -0.1) is 5.10 Å². The van der Waals surface area contributed by atoms with Gasteiger partial charge in [-0.3, -0.25) is 4.79 Å². The first-order valence-corrected chi connectivity index (χ1v) is 14.1. The molecule has 1 atom stereocenters. The fraction of sp³-hybridized carbons (Fsp3) is 0.348. The molecule has 1 N–H and O–H groups in total. The summed E-state index contributed by atoms with van der Waals surface area (Å²) in [5.41, 5.74) is 0.722. The Morgan fingerprint density at radius 2 is 1.76 bits per heavy atom. The van der Waals surface area contributed by atoms with Crippen molar-refractivity contribution < 1.29 is 17.4 Å². The first kappa shape index (κ1) is 25.7. The molecule has 2 aromatic rings. The maximum Gasteiger partial charge on any atom is 0.339 e. The average molecular weight is 600 g/mol. The van der Waals surface area contributed by atoms with Gasteiger partial charge in [-0.1, -0.05) is 50.8 Å². The average Bonchev–Trinajstić information content (AvgIpc) is 3.14. The highest BCUT2D eigenvalue weighted by Crippen LogP contribution is 2.25. The van der Waals surface area contributed by atoms with Gasteiger partial charge in [-0.05, 0) is 83.1 Å². The van der Waals surface area contributed by atoms with Gasteiger partial charge in [0.2, 0.25) is 5.91 Å². The minimum Gasteiger partial charge on any atom is -0.379 e. The number of carbonyl (C=O) groups excluding carboxylic acids is 1. The molecular weight excluding hydrogens is 573 g/mol. The Bertz CT molecular complexity index is 1100. The molecule has 0 radical (unpaired) electrons. The molecule has 1 amide bonds. The normalized spacial score (nSPS) is 17.6. The standard InChI is InChI=1S/C23H26IN3O4S2/c1-2-3-4-5-6-7-21-22(28)26-23(32-21)27-25-16-17-8-12-19(13-9-17)31-33(29,30)20-14-10-18(24)11-15-20/h8-16,21H,2-7H2,1H3,(H,26,27,28)/b25-16+.